The summed E-state index contributed by atoms with van der Waals surface area (Å²) in [6.45, 7) is 0.202. The summed E-state index contributed by atoms with van der Waals surface area (Å²) in [5.74, 6) is -0.605. The van der Waals surface area contributed by atoms with Crippen molar-refractivity contribution in [1.82, 2.24) is 9.88 Å². The number of nitrogens with zero attached hydrogens (tertiary/aromatic N) is 1. The van der Waals surface area contributed by atoms with Gasteiger partial charge in [-0.3, -0.25) is 9.59 Å². The molecule has 1 amide bonds. The van der Waals surface area contributed by atoms with Crippen LogP contribution in [0, 0.1) is 0 Å². The molecule has 3 aromatic carbocycles. The molecule has 1 aliphatic heterocycles. The number of fused-ring (bicyclic) bond motifs is 1. The minimum absolute atomic E-state index is 0.0481. The van der Waals surface area contributed by atoms with Gasteiger partial charge in [0.1, 0.15) is 17.3 Å². The smallest absolute Gasteiger partial charge is 0.295 e. The van der Waals surface area contributed by atoms with Crippen LogP contribution in [0.15, 0.2) is 72.4 Å². The van der Waals surface area contributed by atoms with Gasteiger partial charge >= 0.3 is 0 Å². The predicted octanol–water partition coefficient (Wildman–Crippen LogP) is 6.16. The lowest BCUT2D eigenvalue weighted by Crippen LogP contribution is -2.31. The summed E-state index contributed by atoms with van der Waals surface area (Å²) in [7, 11) is 3.11. The second-order valence-electron chi connectivity index (χ2n) is 8.87. The first-order valence-corrected chi connectivity index (χ1v) is 12.6. The molecule has 0 saturated carbocycles. The number of ketones is 1. The van der Waals surface area contributed by atoms with Crippen molar-refractivity contribution in [3.05, 3.63) is 99.2 Å². The minimum atomic E-state index is -0.911. The van der Waals surface area contributed by atoms with Crippen LogP contribution in [0.4, 0.5) is 0 Å². The van der Waals surface area contributed by atoms with Crippen molar-refractivity contribution >= 4 is 51.6 Å². The highest BCUT2D eigenvalue weighted by molar-refractivity contribution is 6.47. The van der Waals surface area contributed by atoms with Crippen molar-refractivity contribution in [2.45, 2.75) is 12.5 Å². The van der Waals surface area contributed by atoms with Crippen LogP contribution in [0.5, 0.6) is 11.5 Å². The van der Waals surface area contributed by atoms with Gasteiger partial charge in [-0.25, -0.2) is 0 Å². The maximum atomic E-state index is 13.4. The number of halogens is 2. The highest BCUT2D eigenvalue weighted by atomic mass is 35.5. The topological polar surface area (TPSA) is 91.9 Å². The van der Waals surface area contributed by atoms with Gasteiger partial charge < -0.3 is 24.5 Å². The largest absolute Gasteiger partial charge is 0.507 e. The normalized spacial score (nSPS) is 16.8. The Morgan fingerprint density at radius 1 is 1.00 bits per heavy atom. The van der Waals surface area contributed by atoms with Gasteiger partial charge in [-0.15, -0.1) is 0 Å². The van der Waals surface area contributed by atoms with Gasteiger partial charge in [0.2, 0.25) is 0 Å². The number of carbonyl (C=O) groups excluding carboxylic acids is 2. The number of H-pyrrole nitrogens is 1. The number of hydrogen-bond acceptors (Lipinski definition) is 5. The molecule has 2 N–H and O–H groups in total. The molecule has 4 aromatic rings. The van der Waals surface area contributed by atoms with Crippen molar-refractivity contribution in [2.24, 2.45) is 0 Å². The number of methoxy groups -OCH3 is 2. The maximum absolute atomic E-state index is 13.4. The average Bonchev–Trinajstić information content (AvgIpc) is 3.44. The zero-order valence-corrected chi connectivity index (χ0v) is 22.1. The minimum Gasteiger partial charge on any atom is -0.507 e. The van der Waals surface area contributed by atoms with Crippen molar-refractivity contribution in [3.8, 4) is 11.5 Å². The van der Waals surface area contributed by atoms with E-state index in [0.29, 0.717) is 34.1 Å². The van der Waals surface area contributed by atoms with E-state index in [1.807, 2.05) is 24.4 Å². The standard InChI is InChI=1S/C29H24Cl2N2O5/c1-37-19-5-3-4-16(12-19)27(34)25-26(21-8-6-18(30)13-23(21)31)33(29(36)28(25)35)11-10-17-15-32-24-9-7-20(38-2)14-22(17)24/h3-9,12-15,26,32,34H,10-11H2,1-2H3/t26-/m0/s1. The van der Waals surface area contributed by atoms with Gasteiger partial charge in [-0.05, 0) is 60.0 Å². The Morgan fingerprint density at radius 2 is 1.76 bits per heavy atom. The third-order valence-electron chi connectivity index (χ3n) is 6.74. The van der Waals surface area contributed by atoms with Crippen molar-refractivity contribution < 1.29 is 24.2 Å². The zero-order valence-electron chi connectivity index (χ0n) is 20.6. The van der Waals surface area contributed by atoms with Crippen molar-refractivity contribution in [1.29, 1.82) is 0 Å². The van der Waals surface area contributed by atoms with E-state index in [9.17, 15) is 14.7 Å². The Hall–Kier alpha value is -3.94. The lowest BCUT2D eigenvalue weighted by Gasteiger charge is -2.26. The number of aliphatic hydroxyl groups excluding tert-OH is 1. The number of aliphatic hydroxyl groups is 1. The van der Waals surface area contributed by atoms with E-state index < -0.39 is 17.7 Å². The number of hydrogen-bond donors (Lipinski definition) is 2. The Bertz CT molecular complexity index is 1590. The number of aromatic nitrogens is 1. The van der Waals surface area contributed by atoms with Gasteiger partial charge in [0.05, 0.1) is 25.8 Å². The first kappa shape index (κ1) is 25.7. The third-order valence-corrected chi connectivity index (χ3v) is 7.30. The van der Waals surface area contributed by atoms with Crippen molar-refractivity contribution in [2.75, 3.05) is 20.8 Å². The SMILES string of the molecule is COc1cccc(C(O)=C2C(=O)C(=O)N(CCc3c[nH]c4ccc(OC)cc34)[C@H]2c2ccc(Cl)cc2Cl)c1. The quantitative estimate of drug-likeness (QED) is 0.163. The van der Waals surface area contributed by atoms with Crippen LogP contribution in [-0.2, 0) is 16.0 Å². The third kappa shape index (κ3) is 4.59. The van der Waals surface area contributed by atoms with Crippen LogP contribution >= 0.6 is 23.2 Å². The van der Waals surface area contributed by atoms with Crippen molar-refractivity contribution in [3.63, 3.8) is 0 Å². The molecule has 1 aromatic heterocycles. The average molecular weight is 551 g/mol. The van der Waals surface area contributed by atoms with Crippen LogP contribution in [0.2, 0.25) is 10.0 Å². The summed E-state index contributed by atoms with van der Waals surface area (Å²) >= 11 is 12.7. The van der Waals surface area contributed by atoms with Crippen LogP contribution in [-0.4, -0.2) is 47.4 Å². The number of benzene rings is 3. The predicted molar refractivity (Wildman–Crippen MR) is 147 cm³/mol. The maximum Gasteiger partial charge on any atom is 0.295 e. The molecule has 0 unspecified atom stereocenters. The molecule has 1 fully saturated rings. The molecule has 0 radical (unpaired) electrons. The molecule has 38 heavy (non-hydrogen) atoms. The van der Waals surface area contributed by atoms with Gasteiger partial charge in [-0.2, -0.15) is 0 Å². The van der Waals surface area contributed by atoms with Crippen LogP contribution < -0.4 is 9.47 Å². The fourth-order valence-corrected chi connectivity index (χ4v) is 5.33. The molecule has 0 spiro atoms. The summed E-state index contributed by atoms with van der Waals surface area (Å²) < 4.78 is 10.6. The van der Waals surface area contributed by atoms with Gasteiger partial charge in [0.15, 0.2) is 0 Å². The summed E-state index contributed by atoms with van der Waals surface area (Å²) in [6.07, 6.45) is 2.32. The Morgan fingerprint density at radius 3 is 2.50 bits per heavy atom. The monoisotopic (exact) mass is 550 g/mol. The molecule has 1 atom stereocenters. The zero-order chi connectivity index (χ0) is 27.0. The van der Waals surface area contributed by atoms with E-state index in [0.717, 1.165) is 16.5 Å². The number of amides is 1. The Labute approximate surface area is 229 Å². The Balaban J connectivity index is 1.59. The molecular formula is C29H24Cl2N2O5. The number of carbonyl (C=O) groups is 2. The first-order chi connectivity index (χ1) is 18.3. The second-order valence-corrected chi connectivity index (χ2v) is 9.71. The van der Waals surface area contributed by atoms with Gasteiger partial charge in [0, 0.05) is 39.3 Å². The van der Waals surface area contributed by atoms with E-state index in [2.05, 4.69) is 4.98 Å². The fraction of sp³-hybridized carbons (Fsp3) is 0.172. The summed E-state index contributed by atoms with van der Waals surface area (Å²) in [5.41, 5.74) is 2.67. The number of rotatable bonds is 7. The molecule has 9 heteroatoms. The van der Waals surface area contributed by atoms with E-state index >= 15 is 0 Å². The molecule has 5 rings (SSSR count). The van der Waals surface area contributed by atoms with Crippen LogP contribution in [0.1, 0.15) is 22.7 Å². The molecule has 194 valence electrons. The molecule has 1 aliphatic rings. The van der Waals surface area contributed by atoms with E-state index in [1.54, 1.807) is 49.6 Å². The van der Waals surface area contributed by atoms with E-state index in [4.69, 9.17) is 32.7 Å². The molecule has 0 bridgehead atoms. The number of nitrogens with one attached hydrogen (secondary N) is 1. The fourth-order valence-electron chi connectivity index (χ4n) is 4.82. The van der Waals surface area contributed by atoms with Crippen LogP contribution in [0.25, 0.3) is 16.7 Å². The summed E-state index contributed by atoms with van der Waals surface area (Å²) in [4.78, 5) is 31.4. The number of ether oxygens (including phenoxy) is 2. The van der Waals surface area contributed by atoms with Crippen LogP contribution in [0.3, 0.4) is 0 Å². The highest BCUT2D eigenvalue weighted by Gasteiger charge is 2.46. The van der Waals surface area contributed by atoms with E-state index in [-0.39, 0.29) is 22.9 Å². The lowest BCUT2D eigenvalue weighted by atomic mass is 9.95. The molecule has 1 saturated heterocycles. The number of likely N-dealkylation sites (tertiary alicyclic amines) is 1. The summed E-state index contributed by atoms with van der Waals surface area (Å²) in [6, 6.07) is 16.3. The van der Waals surface area contributed by atoms with Gasteiger partial charge in [-0.1, -0.05) is 41.4 Å². The molecule has 7 nitrogen and oxygen atoms in total. The lowest BCUT2D eigenvalue weighted by molar-refractivity contribution is -0.139. The summed E-state index contributed by atoms with van der Waals surface area (Å²) in [5, 5.41) is 13.0. The number of Topliss-reactive ketones (excluding diaryl/α,β-unsaturated/α-hetero) is 1. The molecule has 0 aliphatic carbocycles. The second kappa shape index (κ2) is 10.4. The molecule has 2 heterocycles. The highest BCUT2D eigenvalue weighted by Crippen LogP contribution is 2.43. The first-order valence-electron chi connectivity index (χ1n) is 11.8. The molecular weight excluding hydrogens is 527 g/mol. The van der Waals surface area contributed by atoms with Gasteiger partial charge in [0.25, 0.3) is 11.7 Å². The Kier molecular flexibility index (Phi) is 7.06. The van der Waals surface area contributed by atoms with E-state index in [1.165, 1.54) is 12.0 Å². The number of aromatic amines is 1.